The molecule has 0 saturated heterocycles. The summed E-state index contributed by atoms with van der Waals surface area (Å²) in [6.07, 6.45) is 5.91. The van der Waals surface area contributed by atoms with Crippen LogP contribution in [0.25, 0.3) is 6.08 Å². The van der Waals surface area contributed by atoms with Crippen LogP contribution in [0.3, 0.4) is 0 Å². The smallest absolute Gasteiger partial charge is 0.117 e. The van der Waals surface area contributed by atoms with Crippen LogP contribution in [-0.4, -0.2) is 6.54 Å². The van der Waals surface area contributed by atoms with Crippen LogP contribution < -0.4 is 5.32 Å². The van der Waals surface area contributed by atoms with E-state index in [1.807, 2.05) is 30.3 Å². The summed E-state index contributed by atoms with van der Waals surface area (Å²) in [6, 6.07) is 14.1. The van der Waals surface area contributed by atoms with Crippen molar-refractivity contribution >= 4 is 18.5 Å². The molecule has 2 nitrogen and oxygen atoms in total. The largest absolute Gasteiger partial charge is 0.468 e. The number of benzene rings is 1. The third-order valence-electron chi connectivity index (χ3n) is 2.25. The molecule has 2 aromatic rings. The van der Waals surface area contributed by atoms with Crippen molar-refractivity contribution in [2.75, 3.05) is 6.54 Å². The fourth-order valence-electron chi connectivity index (χ4n) is 1.45. The average Bonchev–Trinajstić information content (AvgIpc) is 2.83. The van der Waals surface area contributed by atoms with Gasteiger partial charge >= 0.3 is 0 Å². The van der Waals surface area contributed by atoms with E-state index in [-0.39, 0.29) is 12.4 Å². The second-order valence-electron chi connectivity index (χ2n) is 3.52. The Morgan fingerprint density at radius 2 is 1.88 bits per heavy atom. The van der Waals surface area contributed by atoms with Gasteiger partial charge in [-0.2, -0.15) is 0 Å². The van der Waals surface area contributed by atoms with Gasteiger partial charge in [-0.25, -0.2) is 0 Å². The molecule has 1 aromatic carbocycles. The number of hydrogen-bond donors (Lipinski definition) is 1. The Labute approximate surface area is 108 Å². The first-order valence-corrected chi connectivity index (χ1v) is 5.40. The Hall–Kier alpha value is -1.51. The zero-order chi connectivity index (χ0) is 11.1. The molecule has 0 fully saturated rings. The Balaban J connectivity index is 0.00000144. The summed E-state index contributed by atoms with van der Waals surface area (Å²) in [5.74, 6) is 0.966. The van der Waals surface area contributed by atoms with E-state index in [9.17, 15) is 0 Å². The first-order valence-electron chi connectivity index (χ1n) is 5.40. The molecule has 0 atom stereocenters. The summed E-state index contributed by atoms with van der Waals surface area (Å²) in [4.78, 5) is 0. The van der Waals surface area contributed by atoms with Crippen LogP contribution in [0.15, 0.2) is 59.2 Å². The van der Waals surface area contributed by atoms with Gasteiger partial charge in [-0.15, -0.1) is 12.4 Å². The Morgan fingerprint density at radius 1 is 1.06 bits per heavy atom. The zero-order valence-corrected chi connectivity index (χ0v) is 10.3. The van der Waals surface area contributed by atoms with Gasteiger partial charge in [0.25, 0.3) is 0 Å². The minimum Gasteiger partial charge on any atom is -0.468 e. The highest BCUT2D eigenvalue weighted by Gasteiger charge is 1.91. The Morgan fingerprint density at radius 3 is 2.59 bits per heavy atom. The van der Waals surface area contributed by atoms with Gasteiger partial charge in [0.05, 0.1) is 12.8 Å². The second-order valence-corrected chi connectivity index (χ2v) is 3.52. The van der Waals surface area contributed by atoms with Crippen molar-refractivity contribution in [3.05, 3.63) is 66.1 Å². The zero-order valence-electron chi connectivity index (χ0n) is 9.50. The van der Waals surface area contributed by atoms with Crippen molar-refractivity contribution < 1.29 is 4.42 Å². The van der Waals surface area contributed by atoms with E-state index in [1.165, 1.54) is 5.56 Å². The minimum absolute atomic E-state index is 0. The van der Waals surface area contributed by atoms with Crippen molar-refractivity contribution in [1.82, 2.24) is 5.32 Å². The average molecular weight is 250 g/mol. The van der Waals surface area contributed by atoms with Gasteiger partial charge in [0, 0.05) is 6.54 Å². The molecule has 0 saturated carbocycles. The molecule has 1 aromatic heterocycles. The van der Waals surface area contributed by atoms with Crippen molar-refractivity contribution in [3.8, 4) is 0 Å². The van der Waals surface area contributed by atoms with Crippen LogP contribution in [0.4, 0.5) is 0 Å². The van der Waals surface area contributed by atoms with E-state index < -0.39 is 0 Å². The van der Waals surface area contributed by atoms with Gasteiger partial charge in [-0.1, -0.05) is 42.5 Å². The lowest BCUT2D eigenvalue weighted by Gasteiger charge is -1.97. The first kappa shape index (κ1) is 13.6. The van der Waals surface area contributed by atoms with Gasteiger partial charge in [0.1, 0.15) is 5.76 Å². The second kappa shape index (κ2) is 7.71. The van der Waals surface area contributed by atoms with E-state index in [0.717, 1.165) is 18.8 Å². The predicted octanol–water partition coefficient (Wildman–Crippen LogP) is 3.50. The topological polar surface area (TPSA) is 25.2 Å². The molecule has 0 aliphatic heterocycles. The van der Waals surface area contributed by atoms with Gasteiger partial charge in [0.2, 0.25) is 0 Å². The van der Waals surface area contributed by atoms with E-state index in [0.29, 0.717) is 0 Å². The van der Waals surface area contributed by atoms with Crippen molar-refractivity contribution in [3.63, 3.8) is 0 Å². The fraction of sp³-hybridized carbons (Fsp3) is 0.143. The van der Waals surface area contributed by atoms with Crippen molar-refractivity contribution in [1.29, 1.82) is 0 Å². The maximum atomic E-state index is 5.21. The number of furan rings is 1. The molecule has 0 aliphatic carbocycles. The van der Waals surface area contributed by atoms with E-state index >= 15 is 0 Å². The molecule has 1 heterocycles. The normalized spacial score (nSPS) is 10.4. The summed E-state index contributed by atoms with van der Waals surface area (Å²) >= 11 is 0. The van der Waals surface area contributed by atoms with Crippen LogP contribution in [-0.2, 0) is 6.54 Å². The highest BCUT2D eigenvalue weighted by molar-refractivity contribution is 5.85. The molecular formula is C14H16ClNO. The molecule has 0 amide bonds. The Kier molecular flexibility index (Phi) is 6.15. The van der Waals surface area contributed by atoms with Crippen LogP contribution in [0.5, 0.6) is 0 Å². The maximum absolute atomic E-state index is 5.21. The SMILES string of the molecule is C(=C\c1ccccc1)/CNCc1ccco1.Cl. The molecule has 90 valence electrons. The fourth-order valence-corrected chi connectivity index (χ4v) is 1.45. The quantitative estimate of drug-likeness (QED) is 0.821. The van der Waals surface area contributed by atoms with Crippen LogP contribution in [0.1, 0.15) is 11.3 Å². The monoisotopic (exact) mass is 249 g/mol. The summed E-state index contributed by atoms with van der Waals surface area (Å²) in [5, 5.41) is 3.28. The molecule has 1 N–H and O–H groups in total. The Bertz CT molecular complexity index is 423. The maximum Gasteiger partial charge on any atom is 0.117 e. The molecule has 0 aliphatic rings. The van der Waals surface area contributed by atoms with Crippen molar-refractivity contribution in [2.24, 2.45) is 0 Å². The van der Waals surface area contributed by atoms with E-state index in [2.05, 4.69) is 29.6 Å². The standard InChI is InChI=1S/C14H15NO.ClH/c1-2-6-13(7-3-1)8-4-10-15-12-14-9-5-11-16-14;/h1-9,11,15H,10,12H2;1H/b8-4+;. The number of nitrogens with one attached hydrogen (secondary N) is 1. The highest BCUT2D eigenvalue weighted by atomic mass is 35.5. The lowest BCUT2D eigenvalue weighted by Crippen LogP contribution is -2.11. The third-order valence-corrected chi connectivity index (χ3v) is 2.25. The van der Waals surface area contributed by atoms with Gasteiger partial charge in [-0.05, 0) is 17.7 Å². The van der Waals surface area contributed by atoms with Crippen LogP contribution in [0.2, 0.25) is 0 Å². The number of halogens is 1. The first-order chi connectivity index (χ1) is 7.95. The highest BCUT2D eigenvalue weighted by Crippen LogP contribution is 2.01. The summed E-state index contributed by atoms with van der Waals surface area (Å²) < 4.78 is 5.21. The predicted molar refractivity (Wildman–Crippen MR) is 73.1 cm³/mol. The molecule has 17 heavy (non-hydrogen) atoms. The summed E-state index contributed by atoms with van der Waals surface area (Å²) in [7, 11) is 0. The van der Waals surface area contributed by atoms with Gasteiger partial charge in [-0.3, -0.25) is 0 Å². The summed E-state index contributed by atoms with van der Waals surface area (Å²) in [6.45, 7) is 1.61. The van der Waals surface area contributed by atoms with Crippen LogP contribution >= 0.6 is 12.4 Å². The van der Waals surface area contributed by atoms with Gasteiger partial charge < -0.3 is 9.73 Å². The summed E-state index contributed by atoms with van der Waals surface area (Å²) in [5.41, 5.74) is 1.22. The van der Waals surface area contributed by atoms with Gasteiger partial charge in [0.15, 0.2) is 0 Å². The molecule has 2 rings (SSSR count). The number of rotatable bonds is 5. The minimum atomic E-state index is 0. The van der Waals surface area contributed by atoms with E-state index in [1.54, 1.807) is 6.26 Å². The van der Waals surface area contributed by atoms with Crippen LogP contribution in [0, 0.1) is 0 Å². The molecule has 3 heteroatoms. The van der Waals surface area contributed by atoms with E-state index in [4.69, 9.17) is 4.42 Å². The molecule has 0 unspecified atom stereocenters. The molecule has 0 radical (unpaired) electrons. The molecular weight excluding hydrogens is 234 g/mol. The molecule has 0 spiro atoms. The number of hydrogen-bond acceptors (Lipinski definition) is 2. The lowest BCUT2D eigenvalue weighted by molar-refractivity contribution is 0.490. The molecule has 0 bridgehead atoms. The lowest BCUT2D eigenvalue weighted by atomic mass is 10.2. The third kappa shape index (κ3) is 4.89. The van der Waals surface area contributed by atoms with Crippen molar-refractivity contribution in [2.45, 2.75) is 6.54 Å².